The average Bonchev–Trinajstić information content (AvgIpc) is 3.11. The summed E-state index contributed by atoms with van der Waals surface area (Å²) in [4.78, 5) is 42.5. The van der Waals surface area contributed by atoms with Gasteiger partial charge in [-0.05, 0) is 115 Å². The summed E-state index contributed by atoms with van der Waals surface area (Å²) in [5.41, 5.74) is 8.29. The molecule has 0 spiro atoms. The molecule has 3 rings (SSSR count). The fourth-order valence-corrected chi connectivity index (χ4v) is 4.87. The molecular weight excluding hydrogens is 692 g/mol. The smallest absolute Gasteiger partial charge is 0.344 e. The number of nitrogen functional groups attached to an aromatic ring is 1. The molecule has 0 radical (unpaired) electrons. The number of esters is 3. The molecule has 0 fully saturated rings. The molecule has 0 aromatic heterocycles. The van der Waals surface area contributed by atoms with Crippen LogP contribution in [0.1, 0.15) is 98.0 Å². The molecule has 53 heavy (non-hydrogen) atoms. The van der Waals surface area contributed by atoms with E-state index < -0.39 is 29.9 Å². The van der Waals surface area contributed by atoms with Gasteiger partial charge in [-0.25, -0.2) is 23.6 Å². The molecule has 288 valence electrons. The molecule has 0 bridgehead atoms. The van der Waals surface area contributed by atoms with Gasteiger partial charge in [-0.1, -0.05) is 24.8 Å². The lowest BCUT2D eigenvalue weighted by Crippen LogP contribution is -2.18. The highest BCUT2D eigenvalue weighted by atomic mass is 19.3. The number of carbonyl (C=O) groups is 3. The van der Waals surface area contributed by atoms with Crippen molar-refractivity contribution < 1.29 is 57.4 Å². The molecule has 0 aliphatic rings. The largest absolute Gasteiger partial charge is 0.481 e. The van der Waals surface area contributed by atoms with Gasteiger partial charge in [0.25, 0.3) is 12.4 Å². The zero-order chi connectivity index (χ0) is 40.9. The van der Waals surface area contributed by atoms with Crippen LogP contribution < -0.4 is 24.8 Å². The first kappa shape index (κ1) is 45.3. The number of aliphatic hydroxyl groups is 1. The number of halogens is 2. The lowest BCUT2D eigenvalue weighted by Gasteiger charge is -2.21. The molecule has 0 heterocycles. The molecule has 0 unspecified atom stereocenters. The summed E-state index contributed by atoms with van der Waals surface area (Å²) in [7, 11) is 1.38. The Kier molecular flexibility index (Phi) is 17.4. The zero-order valence-electron chi connectivity index (χ0n) is 32.2. The SMILES string of the molecule is C/C=C\C.C=C/C=C(\O)OC.CC(=O)Oc1c(N)cc(C(=O)Oc2cc(C(F)F)c(C(=O)Oc3c(C)c(C)c(OO)c(C)c3C)c(C)c2C)c(C)c1C. The van der Waals surface area contributed by atoms with Crippen LogP contribution in [0.25, 0.3) is 0 Å². The number of methoxy groups -OCH3 is 1. The number of hydrogen-bond donors (Lipinski definition) is 3. The van der Waals surface area contributed by atoms with E-state index in [2.05, 4.69) is 16.2 Å². The molecule has 11 nitrogen and oxygen atoms in total. The van der Waals surface area contributed by atoms with Crippen LogP contribution in [0.5, 0.6) is 23.0 Å². The molecule has 0 amide bonds. The van der Waals surface area contributed by atoms with Gasteiger partial charge in [0, 0.05) is 29.7 Å². The maximum Gasteiger partial charge on any atom is 0.344 e. The van der Waals surface area contributed by atoms with Gasteiger partial charge in [0.15, 0.2) is 11.5 Å². The van der Waals surface area contributed by atoms with E-state index in [1.54, 1.807) is 41.5 Å². The zero-order valence-corrected chi connectivity index (χ0v) is 32.2. The molecule has 0 aliphatic heterocycles. The predicted octanol–water partition coefficient (Wildman–Crippen LogP) is 9.69. The number of carbonyl (C=O) groups excluding carboxylic acids is 3. The molecule has 13 heteroatoms. The minimum absolute atomic E-state index is 0.0224. The van der Waals surface area contributed by atoms with E-state index in [9.17, 15) is 28.4 Å². The number of nitrogens with two attached hydrogens (primary N) is 1. The lowest BCUT2D eigenvalue weighted by atomic mass is 9.95. The topological polar surface area (TPSA) is 164 Å². The number of rotatable bonds is 9. The highest BCUT2D eigenvalue weighted by Gasteiger charge is 2.29. The van der Waals surface area contributed by atoms with Crippen molar-refractivity contribution in [2.45, 2.75) is 82.6 Å². The van der Waals surface area contributed by atoms with Crippen LogP contribution in [0.3, 0.4) is 0 Å². The molecule has 0 saturated heterocycles. The molecule has 3 aromatic carbocycles. The highest BCUT2D eigenvalue weighted by molar-refractivity contribution is 5.97. The van der Waals surface area contributed by atoms with Crippen molar-refractivity contribution in [1.82, 2.24) is 0 Å². The number of hydrogen-bond acceptors (Lipinski definition) is 11. The fourth-order valence-electron chi connectivity index (χ4n) is 4.87. The fraction of sp³-hybridized carbons (Fsp3) is 0.325. The van der Waals surface area contributed by atoms with Gasteiger partial charge in [-0.3, -0.25) is 4.79 Å². The maximum atomic E-state index is 14.3. The molecular formula is C40H49F2NO10. The van der Waals surface area contributed by atoms with E-state index in [-0.39, 0.29) is 56.9 Å². The van der Waals surface area contributed by atoms with Gasteiger partial charge in [0.05, 0.1) is 23.9 Å². The summed E-state index contributed by atoms with van der Waals surface area (Å²) < 4.78 is 49.3. The van der Waals surface area contributed by atoms with Crippen LogP contribution >= 0.6 is 0 Å². The number of benzene rings is 3. The molecule has 3 aromatic rings. The van der Waals surface area contributed by atoms with E-state index in [1.165, 1.54) is 46.1 Å². The monoisotopic (exact) mass is 741 g/mol. The third-order valence-electron chi connectivity index (χ3n) is 8.44. The normalized spacial score (nSPS) is 10.8. The third kappa shape index (κ3) is 11.1. The summed E-state index contributed by atoms with van der Waals surface area (Å²) in [5, 5.41) is 17.7. The third-order valence-corrected chi connectivity index (χ3v) is 8.44. The number of allylic oxidation sites excluding steroid dienone is 4. The van der Waals surface area contributed by atoms with Crippen molar-refractivity contribution >= 4 is 23.6 Å². The quantitative estimate of drug-likeness (QED) is 0.0280. The summed E-state index contributed by atoms with van der Waals surface area (Å²) in [6.45, 7) is 21.4. The minimum Gasteiger partial charge on any atom is -0.481 e. The Hall–Kier alpha value is -5.69. The Bertz CT molecular complexity index is 1880. The Labute approximate surface area is 309 Å². The van der Waals surface area contributed by atoms with Crippen molar-refractivity contribution in [3.63, 3.8) is 0 Å². The van der Waals surface area contributed by atoms with Crippen molar-refractivity contribution in [3.05, 3.63) is 110 Å². The summed E-state index contributed by atoms with van der Waals surface area (Å²) in [6.07, 6.45) is 3.70. The second-order valence-corrected chi connectivity index (χ2v) is 11.7. The Morgan fingerprint density at radius 3 is 1.68 bits per heavy atom. The van der Waals surface area contributed by atoms with Gasteiger partial charge >= 0.3 is 17.9 Å². The second-order valence-electron chi connectivity index (χ2n) is 11.7. The first-order valence-corrected chi connectivity index (χ1v) is 16.2. The van der Waals surface area contributed by atoms with Crippen LogP contribution in [0.4, 0.5) is 14.5 Å². The predicted molar refractivity (Wildman–Crippen MR) is 199 cm³/mol. The van der Waals surface area contributed by atoms with Crippen molar-refractivity contribution in [1.29, 1.82) is 0 Å². The minimum atomic E-state index is -3.11. The standard InChI is InChI=1S/C31H33F2NO8.C5H8O2.C4H8/c1-12-15(4)28(39-20(9)35)23(34)10-21(12)30(36)40-24-11-22(29(32)33)25(14(3)13(24)2)31(37)41-26-16(5)18(7)27(42-38)19(8)17(26)6;1-3-4-5(6)7-2;1-3-4-2/h10-11,29,38H,34H2,1-9H3;3-4,6H,1H2,2H3;3-4H,1-2H3/b;5-4+;4-3-. The molecule has 0 saturated carbocycles. The average molecular weight is 742 g/mol. The number of alkyl halides is 2. The summed E-state index contributed by atoms with van der Waals surface area (Å²) in [6, 6.07) is 2.23. The first-order chi connectivity index (χ1) is 24.7. The number of anilines is 1. The van der Waals surface area contributed by atoms with Crippen LogP contribution in [0, 0.1) is 55.4 Å². The lowest BCUT2D eigenvalue weighted by molar-refractivity contribution is -0.138. The number of ether oxygens (including phenoxy) is 4. The first-order valence-electron chi connectivity index (χ1n) is 16.2. The van der Waals surface area contributed by atoms with Crippen LogP contribution in [0.15, 0.2) is 49.0 Å². The van der Waals surface area contributed by atoms with Gasteiger partial charge in [-0.15, -0.1) is 0 Å². The van der Waals surface area contributed by atoms with E-state index in [0.29, 0.717) is 33.4 Å². The second kappa shape index (κ2) is 20.4. The Balaban J connectivity index is 0.00000111. The van der Waals surface area contributed by atoms with Gasteiger partial charge < -0.3 is 34.7 Å². The number of aliphatic hydroxyl groups excluding tert-OH is 1. The maximum absolute atomic E-state index is 14.3. The summed E-state index contributed by atoms with van der Waals surface area (Å²) >= 11 is 0. The highest BCUT2D eigenvalue weighted by Crippen LogP contribution is 2.40. The van der Waals surface area contributed by atoms with E-state index in [0.717, 1.165) is 6.07 Å². The van der Waals surface area contributed by atoms with Crippen LogP contribution in [-0.2, 0) is 9.53 Å². The van der Waals surface area contributed by atoms with Crippen molar-refractivity contribution in [2.75, 3.05) is 12.8 Å². The van der Waals surface area contributed by atoms with Gasteiger partial charge in [0.2, 0.25) is 0 Å². The summed E-state index contributed by atoms with van der Waals surface area (Å²) in [5.74, 6) is -2.29. The van der Waals surface area contributed by atoms with Crippen LogP contribution in [0.2, 0.25) is 0 Å². The Morgan fingerprint density at radius 2 is 1.26 bits per heavy atom. The molecule has 0 aliphatic carbocycles. The van der Waals surface area contributed by atoms with Gasteiger partial charge in [0.1, 0.15) is 11.5 Å². The van der Waals surface area contributed by atoms with E-state index in [1.807, 2.05) is 26.0 Å². The molecule has 0 atom stereocenters. The Morgan fingerprint density at radius 1 is 0.755 bits per heavy atom. The van der Waals surface area contributed by atoms with Crippen molar-refractivity contribution in [2.24, 2.45) is 0 Å². The van der Waals surface area contributed by atoms with Crippen molar-refractivity contribution in [3.8, 4) is 23.0 Å². The van der Waals surface area contributed by atoms with E-state index in [4.69, 9.17) is 25.1 Å². The van der Waals surface area contributed by atoms with E-state index >= 15 is 0 Å². The van der Waals surface area contributed by atoms with Crippen LogP contribution in [-0.4, -0.2) is 35.4 Å². The van der Waals surface area contributed by atoms with Gasteiger partial charge in [-0.2, -0.15) is 0 Å². The molecule has 4 N–H and O–H groups in total.